The van der Waals surface area contributed by atoms with E-state index in [0.717, 1.165) is 19.3 Å². The average Bonchev–Trinajstić information content (AvgIpc) is 3.24. The minimum absolute atomic E-state index is 0.101. The molecule has 1 amide bonds. The van der Waals surface area contributed by atoms with Gasteiger partial charge in [0, 0.05) is 29.1 Å². The third-order valence-corrected chi connectivity index (χ3v) is 7.77. The van der Waals surface area contributed by atoms with Gasteiger partial charge in [-0.2, -0.15) is 18.3 Å². The van der Waals surface area contributed by atoms with Crippen molar-refractivity contribution in [3.8, 4) is 0 Å². The van der Waals surface area contributed by atoms with Gasteiger partial charge in [-0.05, 0) is 74.1 Å². The number of unbranched alkanes of at least 4 members (excludes halogenated alkanes) is 1. The number of carbonyl (C=O) groups is 1. The number of hydrogen-bond acceptors (Lipinski definition) is 4. The highest BCUT2D eigenvalue weighted by Crippen LogP contribution is 2.36. The largest absolute Gasteiger partial charge is 0.435 e. The van der Waals surface area contributed by atoms with Crippen LogP contribution in [0.1, 0.15) is 65.5 Å². The molecule has 0 radical (unpaired) electrons. The molecule has 1 aliphatic carbocycles. The third-order valence-electron chi connectivity index (χ3n) is 6.29. The lowest BCUT2D eigenvalue weighted by Gasteiger charge is -2.15. The second-order valence-electron chi connectivity index (χ2n) is 9.07. The molecule has 0 bridgehead atoms. The number of nitrogens with one attached hydrogen (secondary N) is 2. The Morgan fingerprint density at radius 2 is 1.81 bits per heavy atom. The van der Waals surface area contributed by atoms with E-state index in [1.165, 1.54) is 28.9 Å². The number of carbonyl (C=O) groups excluding carboxylic acids is 1. The second kappa shape index (κ2) is 11.1. The van der Waals surface area contributed by atoms with Crippen LogP contribution in [0.4, 0.5) is 18.9 Å². The molecular weight excluding hydrogens is 505 g/mol. The molecule has 3 aromatic rings. The van der Waals surface area contributed by atoms with Crippen molar-refractivity contribution in [3.63, 3.8) is 0 Å². The van der Waals surface area contributed by atoms with E-state index in [4.69, 9.17) is 0 Å². The SMILES string of the molecule is CCCCNS(=O)(=O)c1ccc(NC(=O)c2cccc(Cn3nc(C(F)(F)F)c4c3CCCC4)c2)cc1. The standard InChI is InChI=1S/C26H29F3N4O3S/c1-2-3-15-30-37(35,36)21-13-11-20(12-14-21)31-25(34)19-8-6-7-18(16-19)17-33-23-10-5-4-9-22(23)24(32-33)26(27,28)29/h6-8,11-14,16,30H,2-5,9-10,15,17H2,1H3,(H,31,34). The summed E-state index contributed by atoms with van der Waals surface area (Å²) in [4.78, 5) is 12.9. The summed E-state index contributed by atoms with van der Waals surface area (Å²) in [5.74, 6) is -0.419. The second-order valence-corrected chi connectivity index (χ2v) is 10.8. The van der Waals surface area contributed by atoms with Gasteiger partial charge in [-0.25, -0.2) is 13.1 Å². The summed E-state index contributed by atoms with van der Waals surface area (Å²) >= 11 is 0. The molecule has 37 heavy (non-hydrogen) atoms. The summed E-state index contributed by atoms with van der Waals surface area (Å²) in [5, 5.41) is 6.62. The predicted octanol–water partition coefficient (Wildman–Crippen LogP) is 5.16. The van der Waals surface area contributed by atoms with Gasteiger partial charge >= 0.3 is 6.18 Å². The van der Waals surface area contributed by atoms with E-state index in [9.17, 15) is 26.4 Å². The maximum absolute atomic E-state index is 13.5. The van der Waals surface area contributed by atoms with E-state index < -0.39 is 27.8 Å². The molecule has 7 nitrogen and oxygen atoms in total. The van der Waals surface area contributed by atoms with Crippen molar-refractivity contribution >= 4 is 21.6 Å². The first-order valence-electron chi connectivity index (χ1n) is 12.2. The number of rotatable bonds is 9. The molecule has 11 heteroatoms. The van der Waals surface area contributed by atoms with Crippen molar-refractivity contribution in [2.45, 2.75) is 63.1 Å². The monoisotopic (exact) mass is 534 g/mol. The molecule has 1 heterocycles. The molecule has 1 aliphatic rings. The number of benzene rings is 2. The van der Waals surface area contributed by atoms with Crippen LogP contribution in [-0.2, 0) is 35.6 Å². The van der Waals surface area contributed by atoms with Gasteiger partial charge in [-0.15, -0.1) is 0 Å². The lowest BCUT2D eigenvalue weighted by atomic mass is 9.95. The highest BCUT2D eigenvalue weighted by atomic mass is 32.2. The van der Waals surface area contributed by atoms with Crippen molar-refractivity contribution in [1.82, 2.24) is 14.5 Å². The molecule has 4 rings (SSSR count). The maximum atomic E-state index is 13.5. The Morgan fingerprint density at radius 3 is 2.51 bits per heavy atom. The number of fused-ring (bicyclic) bond motifs is 1. The predicted molar refractivity (Wildman–Crippen MR) is 134 cm³/mol. The molecular formula is C26H29F3N4O3S. The minimum Gasteiger partial charge on any atom is -0.322 e. The van der Waals surface area contributed by atoms with Crippen LogP contribution in [0.15, 0.2) is 53.4 Å². The average molecular weight is 535 g/mol. The van der Waals surface area contributed by atoms with Crippen LogP contribution in [0, 0.1) is 0 Å². The van der Waals surface area contributed by atoms with E-state index in [1.54, 1.807) is 24.3 Å². The van der Waals surface area contributed by atoms with Crippen LogP contribution in [0.5, 0.6) is 0 Å². The molecule has 1 aromatic heterocycles. The molecule has 0 fully saturated rings. The normalized spacial score (nSPS) is 13.8. The molecule has 0 saturated carbocycles. The summed E-state index contributed by atoms with van der Waals surface area (Å²) in [6.45, 7) is 2.44. The molecule has 0 spiro atoms. The van der Waals surface area contributed by atoms with Crippen LogP contribution in [0.25, 0.3) is 0 Å². The number of halogens is 3. The van der Waals surface area contributed by atoms with Gasteiger partial charge in [0.05, 0.1) is 11.4 Å². The fourth-order valence-electron chi connectivity index (χ4n) is 4.40. The summed E-state index contributed by atoms with van der Waals surface area (Å²) < 4.78 is 69.1. The van der Waals surface area contributed by atoms with Gasteiger partial charge in [0.25, 0.3) is 5.91 Å². The Labute approximate surface area is 214 Å². The number of aromatic nitrogens is 2. The number of anilines is 1. The van der Waals surface area contributed by atoms with Crippen molar-refractivity contribution in [2.24, 2.45) is 0 Å². The van der Waals surface area contributed by atoms with Gasteiger partial charge in [-0.3, -0.25) is 9.48 Å². The summed E-state index contributed by atoms with van der Waals surface area (Å²) in [7, 11) is -3.62. The Bertz CT molecular complexity index is 1370. The smallest absolute Gasteiger partial charge is 0.322 e. The van der Waals surface area contributed by atoms with E-state index in [0.29, 0.717) is 48.3 Å². The number of hydrogen-bond donors (Lipinski definition) is 2. The van der Waals surface area contributed by atoms with Gasteiger partial charge in [0.2, 0.25) is 10.0 Å². The molecule has 198 valence electrons. The zero-order valence-electron chi connectivity index (χ0n) is 20.4. The molecule has 0 saturated heterocycles. The number of nitrogens with zero attached hydrogens (tertiary/aromatic N) is 2. The number of amides is 1. The van der Waals surface area contributed by atoms with Gasteiger partial charge in [0.1, 0.15) is 0 Å². The summed E-state index contributed by atoms with van der Waals surface area (Å²) in [6.07, 6.45) is -0.478. The zero-order chi connectivity index (χ0) is 26.6. The Hall–Kier alpha value is -3.18. The van der Waals surface area contributed by atoms with Crippen LogP contribution in [0.2, 0.25) is 0 Å². The lowest BCUT2D eigenvalue weighted by Crippen LogP contribution is -2.24. The molecule has 0 unspecified atom stereocenters. The summed E-state index contributed by atoms with van der Waals surface area (Å²) in [5.41, 5.74) is 1.46. The Balaban J connectivity index is 1.47. The van der Waals surface area contributed by atoms with Crippen LogP contribution < -0.4 is 10.0 Å². The van der Waals surface area contributed by atoms with Crippen LogP contribution >= 0.6 is 0 Å². The summed E-state index contributed by atoms with van der Waals surface area (Å²) in [6, 6.07) is 12.5. The number of alkyl halides is 3. The van der Waals surface area contributed by atoms with Crippen molar-refractivity contribution < 1.29 is 26.4 Å². The molecule has 2 aromatic carbocycles. The fourth-order valence-corrected chi connectivity index (χ4v) is 5.47. The van der Waals surface area contributed by atoms with Gasteiger partial charge in [-0.1, -0.05) is 25.5 Å². The Morgan fingerprint density at radius 1 is 1.08 bits per heavy atom. The zero-order valence-corrected chi connectivity index (χ0v) is 21.3. The van der Waals surface area contributed by atoms with E-state index >= 15 is 0 Å². The fraction of sp³-hybridized carbons (Fsp3) is 0.385. The van der Waals surface area contributed by atoms with E-state index in [2.05, 4.69) is 15.1 Å². The highest BCUT2D eigenvalue weighted by molar-refractivity contribution is 7.89. The van der Waals surface area contributed by atoms with E-state index in [1.807, 2.05) is 6.92 Å². The molecule has 2 N–H and O–H groups in total. The highest BCUT2D eigenvalue weighted by Gasteiger charge is 2.39. The number of sulfonamides is 1. The molecule has 0 aliphatic heterocycles. The van der Waals surface area contributed by atoms with Crippen LogP contribution in [-0.4, -0.2) is 30.7 Å². The first-order valence-corrected chi connectivity index (χ1v) is 13.7. The minimum atomic E-state index is -4.51. The topological polar surface area (TPSA) is 93.1 Å². The van der Waals surface area contributed by atoms with Crippen molar-refractivity contribution in [3.05, 3.63) is 76.6 Å². The maximum Gasteiger partial charge on any atom is 0.435 e. The molecule has 0 atom stereocenters. The quantitative estimate of drug-likeness (QED) is 0.371. The van der Waals surface area contributed by atoms with Crippen molar-refractivity contribution in [1.29, 1.82) is 0 Å². The van der Waals surface area contributed by atoms with E-state index in [-0.39, 0.29) is 17.0 Å². The van der Waals surface area contributed by atoms with Crippen LogP contribution in [0.3, 0.4) is 0 Å². The van der Waals surface area contributed by atoms with Gasteiger partial charge in [0.15, 0.2) is 5.69 Å². The lowest BCUT2D eigenvalue weighted by molar-refractivity contribution is -0.142. The first-order chi connectivity index (χ1) is 17.6. The third kappa shape index (κ3) is 6.40. The first kappa shape index (κ1) is 26.9. The van der Waals surface area contributed by atoms with Crippen molar-refractivity contribution in [2.75, 3.05) is 11.9 Å². The van der Waals surface area contributed by atoms with Gasteiger partial charge < -0.3 is 5.32 Å². The Kier molecular flexibility index (Phi) is 8.03.